The highest BCUT2D eigenvalue weighted by molar-refractivity contribution is 6.06. The van der Waals surface area contributed by atoms with Gasteiger partial charge in [-0.05, 0) is 25.0 Å². The van der Waals surface area contributed by atoms with Crippen LogP contribution >= 0.6 is 0 Å². The predicted octanol–water partition coefficient (Wildman–Crippen LogP) is 0.785. The summed E-state index contributed by atoms with van der Waals surface area (Å²) in [7, 11) is 0. The fourth-order valence-corrected chi connectivity index (χ4v) is 2.61. The van der Waals surface area contributed by atoms with Crippen LogP contribution in [0.3, 0.4) is 0 Å². The molecule has 4 N–H and O–H groups in total. The summed E-state index contributed by atoms with van der Waals surface area (Å²) in [6.07, 6.45) is 1.07. The van der Waals surface area contributed by atoms with Gasteiger partial charge in [0, 0.05) is 19.0 Å². The van der Waals surface area contributed by atoms with E-state index in [0.29, 0.717) is 31.6 Å². The Kier molecular flexibility index (Phi) is 4.11. The molecule has 7 heteroatoms. The second-order valence-electron chi connectivity index (χ2n) is 4.97. The first-order valence-electron chi connectivity index (χ1n) is 6.55. The molecule has 7 nitrogen and oxygen atoms in total. The molecule has 1 saturated heterocycles. The van der Waals surface area contributed by atoms with E-state index in [0.717, 1.165) is 0 Å². The Labute approximate surface area is 121 Å². The number of carbonyl (C=O) groups is 3. The fraction of sp³-hybridized carbons (Fsp3) is 0.357. The lowest BCUT2D eigenvalue weighted by atomic mass is 9.94. The summed E-state index contributed by atoms with van der Waals surface area (Å²) >= 11 is 0. The van der Waals surface area contributed by atoms with Gasteiger partial charge in [-0.15, -0.1) is 0 Å². The number of benzene rings is 1. The molecule has 21 heavy (non-hydrogen) atoms. The van der Waals surface area contributed by atoms with Crippen LogP contribution in [0.15, 0.2) is 18.2 Å². The molecule has 2 rings (SSSR count). The summed E-state index contributed by atoms with van der Waals surface area (Å²) in [6.45, 7) is 0.938. The van der Waals surface area contributed by atoms with Crippen molar-refractivity contribution in [3.05, 3.63) is 29.3 Å². The minimum Gasteiger partial charge on any atom is -0.478 e. The molecule has 0 aliphatic carbocycles. The van der Waals surface area contributed by atoms with E-state index in [1.807, 2.05) is 0 Å². The number of carboxylic acids is 2. The number of aromatic carboxylic acids is 2. The van der Waals surface area contributed by atoms with E-state index in [9.17, 15) is 19.5 Å². The van der Waals surface area contributed by atoms with Crippen molar-refractivity contribution in [2.24, 2.45) is 11.7 Å². The molecular formula is C14H16N2O5. The molecule has 1 aromatic rings. The molecule has 112 valence electrons. The molecule has 0 atom stereocenters. The molecule has 0 unspecified atom stereocenters. The van der Waals surface area contributed by atoms with E-state index in [1.165, 1.54) is 12.1 Å². The average molecular weight is 292 g/mol. The Morgan fingerprint density at radius 3 is 2.19 bits per heavy atom. The van der Waals surface area contributed by atoms with Crippen molar-refractivity contribution in [2.45, 2.75) is 12.8 Å². The molecule has 1 fully saturated rings. The van der Waals surface area contributed by atoms with Crippen LogP contribution in [0.4, 0.5) is 5.69 Å². The van der Waals surface area contributed by atoms with Crippen molar-refractivity contribution in [2.75, 3.05) is 18.0 Å². The monoisotopic (exact) mass is 292 g/mol. The third-order valence-corrected chi connectivity index (χ3v) is 3.72. The number of piperidine rings is 1. The lowest BCUT2D eigenvalue weighted by Crippen LogP contribution is -2.39. The largest absolute Gasteiger partial charge is 0.478 e. The van der Waals surface area contributed by atoms with Gasteiger partial charge in [0.25, 0.3) is 0 Å². The minimum atomic E-state index is -1.28. The van der Waals surface area contributed by atoms with E-state index in [4.69, 9.17) is 10.8 Å². The number of nitrogens with zero attached hydrogens (tertiary/aromatic N) is 1. The zero-order valence-corrected chi connectivity index (χ0v) is 11.3. The van der Waals surface area contributed by atoms with Crippen LogP contribution in [0.5, 0.6) is 0 Å². The molecule has 0 saturated carbocycles. The highest BCUT2D eigenvalue weighted by Crippen LogP contribution is 2.28. The van der Waals surface area contributed by atoms with E-state index in [1.54, 1.807) is 11.0 Å². The first-order chi connectivity index (χ1) is 9.91. The second kappa shape index (κ2) is 5.82. The number of carbonyl (C=O) groups excluding carboxylic acids is 1. The van der Waals surface area contributed by atoms with Crippen molar-refractivity contribution in [1.29, 1.82) is 0 Å². The SMILES string of the molecule is NC(=O)C1CCN(c2cccc(C(=O)O)c2C(=O)O)CC1. The lowest BCUT2D eigenvalue weighted by Gasteiger charge is -2.33. The minimum absolute atomic E-state index is 0.211. The van der Waals surface area contributed by atoms with Crippen LogP contribution in [0, 0.1) is 5.92 Å². The normalized spacial score (nSPS) is 15.7. The second-order valence-corrected chi connectivity index (χ2v) is 4.97. The number of nitrogens with two attached hydrogens (primary N) is 1. The Bertz CT molecular complexity index is 591. The van der Waals surface area contributed by atoms with Crippen LogP contribution in [0.2, 0.25) is 0 Å². The molecular weight excluding hydrogens is 276 g/mol. The van der Waals surface area contributed by atoms with E-state index >= 15 is 0 Å². The van der Waals surface area contributed by atoms with Crippen LogP contribution in [-0.4, -0.2) is 41.1 Å². The van der Waals surface area contributed by atoms with Gasteiger partial charge in [-0.3, -0.25) is 4.79 Å². The van der Waals surface area contributed by atoms with Gasteiger partial charge in [0.15, 0.2) is 0 Å². The van der Waals surface area contributed by atoms with E-state index in [2.05, 4.69) is 0 Å². The van der Waals surface area contributed by atoms with Crippen LogP contribution in [0.25, 0.3) is 0 Å². The summed E-state index contributed by atoms with van der Waals surface area (Å²) in [5.41, 5.74) is 5.17. The van der Waals surface area contributed by atoms with Crippen LogP contribution in [0.1, 0.15) is 33.6 Å². The van der Waals surface area contributed by atoms with Crippen molar-refractivity contribution in [3.8, 4) is 0 Å². The van der Waals surface area contributed by atoms with E-state index < -0.39 is 11.9 Å². The number of hydrogen-bond donors (Lipinski definition) is 3. The quantitative estimate of drug-likeness (QED) is 0.754. The number of amides is 1. The maximum atomic E-state index is 11.4. The number of anilines is 1. The first-order valence-corrected chi connectivity index (χ1v) is 6.55. The van der Waals surface area contributed by atoms with Crippen molar-refractivity contribution < 1.29 is 24.6 Å². The molecule has 0 spiro atoms. The van der Waals surface area contributed by atoms with E-state index in [-0.39, 0.29) is 23.0 Å². The van der Waals surface area contributed by atoms with Gasteiger partial charge < -0.3 is 20.8 Å². The highest BCUT2D eigenvalue weighted by atomic mass is 16.4. The van der Waals surface area contributed by atoms with Gasteiger partial charge in [-0.1, -0.05) is 6.07 Å². The van der Waals surface area contributed by atoms with Gasteiger partial charge in [0.1, 0.15) is 0 Å². The summed E-state index contributed by atoms with van der Waals surface area (Å²) in [5, 5.41) is 18.4. The fourth-order valence-electron chi connectivity index (χ4n) is 2.61. The summed E-state index contributed by atoms with van der Waals surface area (Å²) in [4.78, 5) is 35.5. The molecule has 1 aromatic carbocycles. The maximum Gasteiger partial charge on any atom is 0.338 e. The van der Waals surface area contributed by atoms with Crippen molar-refractivity contribution in [3.63, 3.8) is 0 Å². The van der Waals surface area contributed by atoms with Gasteiger partial charge in [0.05, 0.1) is 16.8 Å². The van der Waals surface area contributed by atoms with Gasteiger partial charge in [0.2, 0.25) is 5.91 Å². The topological polar surface area (TPSA) is 121 Å². The molecule has 0 radical (unpaired) electrons. The maximum absolute atomic E-state index is 11.4. The highest BCUT2D eigenvalue weighted by Gasteiger charge is 2.28. The Hall–Kier alpha value is -2.57. The van der Waals surface area contributed by atoms with Gasteiger partial charge in [-0.2, -0.15) is 0 Å². The summed E-state index contributed by atoms with van der Waals surface area (Å²) in [6, 6.07) is 4.37. The molecule has 0 bridgehead atoms. The Morgan fingerprint density at radius 2 is 1.71 bits per heavy atom. The van der Waals surface area contributed by atoms with Gasteiger partial charge >= 0.3 is 11.9 Å². The van der Waals surface area contributed by atoms with Crippen LogP contribution in [-0.2, 0) is 4.79 Å². The number of rotatable bonds is 4. The lowest BCUT2D eigenvalue weighted by molar-refractivity contribution is -0.122. The van der Waals surface area contributed by atoms with Crippen molar-refractivity contribution >= 4 is 23.5 Å². The van der Waals surface area contributed by atoms with Crippen LogP contribution < -0.4 is 10.6 Å². The van der Waals surface area contributed by atoms with Crippen molar-refractivity contribution in [1.82, 2.24) is 0 Å². The molecule has 1 amide bonds. The number of carboxylic acid groups (broad SMARTS) is 2. The third-order valence-electron chi connectivity index (χ3n) is 3.72. The number of hydrogen-bond acceptors (Lipinski definition) is 4. The summed E-state index contributed by atoms with van der Waals surface area (Å²) in [5.74, 6) is -3.12. The average Bonchev–Trinajstić information content (AvgIpc) is 2.46. The summed E-state index contributed by atoms with van der Waals surface area (Å²) < 4.78 is 0. The Morgan fingerprint density at radius 1 is 1.10 bits per heavy atom. The number of primary amides is 1. The standard InChI is InChI=1S/C14H16N2O5/c15-12(17)8-4-6-16(7-5-8)10-3-1-2-9(13(18)19)11(10)14(20)21/h1-3,8H,4-7H2,(H2,15,17)(H,18,19)(H,20,21). The molecule has 1 aliphatic heterocycles. The third kappa shape index (κ3) is 2.96. The zero-order chi connectivity index (χ0) is 15.6. The Balaban J connectivity index is 2.33. The van der Waals surface area contributed by atoms with Gasteiger partial charge in [-0.25, -0.2) is 9.59 Å². The zero-order valence-electron chi connectivity index (χ0n) is 11.3. The molecule has 1 heterocycles. The molecule has 0 aromatic heterocycles. The predicted molar refractivity (Wildman–Crippen MR) is 74.5 cm³/mol. The smallest absolute Gasteiger partial charge is 0.338 e. The first kappa shape index (κ1) is 14.8. The molecule has 1 aliphatic rings.